The van der Waals surface area contributed by atoms with Crippen LogP contribution in [0.5, 0.6) is 0 Å². The predicted molar refractivity (Wildman–Crippen MR) is 99.9 cm³/mol. The van der Waals surface area contributed by atoms with E-state index in [1.807, 2.05) is 28.1 Å². The van der Waals surface area contributed by atoms with E-state index >= 15 is 0 Å². The summed E-state index contributed by atoms with van der Waals surface area (Å²) in [5, 5.41) is 2.01. The van der Waals surface area contributed by atoms with E-state index < -0.39 is 0 Å². The number of amides is 1. The van der Waals surface area contributed by atoms with Crippen molar-refractivity contribution in [3.05, 3.63) is 82.0 Å². The summed E-state index contributed by atoms with van der Waals surface area (Å²) < 4.78 is 1.86. The topological polar surface area (TPSA) is 34.4 Å². The number of thiazole rings is 1. The molecule has 24 heavy (non-hydrogen) atoms. The highest BCUT2D eigenvalue weighted by molar-refractivity contribution is 7.07. The highest BCUT2D eigenvalue weighted by Crippen LogP contribution is 2.25. The molecule has 0 fully saturated rings. The van der Waals surface area contributed by atoms with Gasteiger partial charge < -0.3 is 0 Å². The molecular weight excluding hydrogens is 316 g/mol. The van der Waals surface area contributed by atoms with Crippen molar-refractivity contribution in [2.75, 3.05) is 0 Å². The third-order valence-corrected chi connectivity index (χ3v) is 4.64. The zero-order chi connectivity index (χ0) is 17.1. The van der Waals surface area contributed by atoms with Gasteiger partial charge in [0.05, 0.1) is 5.69 Å². The Labute approximate surface area is 145 Å². The molecule has 0 N–H and O–H groups in total. The first-order valence-electron chi connectivity index (χ1n) is 7.64. The Morgan fingerprint density at radius 1 is 1.17 bits per heavy atom. The first kappa shape index (κ1) is 16.1. The minimum Gasteiger partial charge on any atom is -0.292 e. The Morgan fingerprint density at radius 3 is 2.58 bits per heavy atom. The predicted octanol–water partition coefficient (Wildman–Crippen LogP) is 4.68. The normalized spacial score (nSPS) is 11.5. The number of hydrogen-bond acceptors (Lipinski definition) is 2. The maximum atomic E-state index is 12.3. The summed E-state index contributed by atoms with van der Waals surface area (Å²) in [6, 6.07) is 15.4. The summed E-state index contributed by atoms with van der Waals surface area (Å²) in [6.07, 6.45) is 1.70. The van der Waals surface area contributed by atoms with Crippen molar-refractivity contribution in [3.63, 3.8) is 0 Å². The van der Waals surface area contributed by atoms with Gasteiger partial charge in [0.15, 0.2) is 4.80 Å². The van der Waals surface area contributed by atoms with Crippen LogP contribution in [0, 0.1) is 13.8 Å². The number of benzene rings is 2. The van der Waals surface area contributed by atoms with E-state index in [0.717, 1.165) is 11.3 Å². The van der Waals surface area contributed by atoms with Crippen LogP contribution in [0.15, 0.2) is 65.5 Å². The summed E-state index contributed by atoms with van der Waals surface area (Å²) in [5.74, 6) is -0.250. The van der Waals surface area contributed by atoms with Gasteiger partial charge in [-0.25, -0.2) is 0 Å². The molecule has 3 aromatic rings. The van der Waals surface area contributed by atoms with Gasteiger partial charge in [0.25, 0.3) is 5.91 Å². The van der Waals surface area contributed by atoms with Crippen LogP contribution in [0.1, 0.15) is 21.5 Å². The Balaban J connectivity index is 2.09. The fourth-order valence-corrected chi connectivity index (χ4v) is 3.49. The van der Waals surface area contributed by atoms with E-state index in [0.29, 0.717) is 10.4 Å². The molecule has 0 aliphatic carbocycles. The van der Waals surface area contributed by atoms with Crippen LogP contribution >= 0.6 is 11.3 Å². The summed E-state index contributed by atoms with van der Waals surface area (Å²) in [4.78, 5) is 17.2. The van der Waals surface area contributed by atoms with Crippen molar-refractivity contribution in [2.45, 2.75) is 13.8 Å². The molecule has 3 rings (SSSR count). The standard InChI is InChI=1S/C20H18N2OS/c1-4-22-18(17-11-10-14(2)12-15(17)3)13-24-20(22)21-19(23)16-8-6-5-7-9-16/h4-13H,1H2,2-3H3. The van der Waals surface area contributed by atoms with Gasteiger partial charge in [0, 0.05) is 22.7 Å². The highest BCUT2D eigenvalue weighted by atomic mass is 32.1. The molecule has 0 radical (unpaired) electrons. The van der Waals surface area contributed by atoms with Crippen molar-refractivity contribution >= 4 is 23.4 Å². The molecule has 0 saturated heterocycles. The molecule has 0 saturated carbocycles. The van der Waals surface area contributed by atoms with Crippen LogP contribution in [0.4, 0.5) is 0 Å². The van der Waals surface area contributed by atoms with Gasteiger partial charge >= 0.3 is 0 Å². The Kier molecular flexibility index (Phi) is 4.58. The molecule has 4 heteroatoms. The lowest BCUT2D eigenvalue weighted by molar-refractivity contribution is 0.0998. The van der Waals surface area contributed by atoms with E-state index in [1.54, 1.807) is 18.3 Å². The average molecular weight is 334 g/mol. The lowest BCUT2D eigenvalue weighted by Crippen LogP contribution is -2.13. The summed E-state index contributed by atoms with van der Waals surface area (Å²) in [5.41, 5.74) is 5.09. The van der Waals surface area contributed by atoms with Crippen molar-refractivity contribution in [1.29, 1.82) is 0 Å². The van der Waals surface area contributed by atoms with E-state index in [-0.39, 0.29) is 5.91 Å². The van der Waals surface area contributed by atoms with Crippen LogP contribution in [0.25, 0.3) is 17.5 Å². The summed E-state index contributed by atoms with van der Waals surface area (Å²) in [7, 11) is 0. The van der Waals surface area contributed by atoms with Crippen LogP contribution in [0.2, 0.25) is 0 Å². The molecule has 0 bridgehead atoms. The first-order valence-corrected chi connectivity index (χ1v) is 8.52. The van der Waals surface area contributed by atoms with Crippen LogP contribution in [0.3, 0.4) is 0 Å². The largest absolute Gasteiger partial charge is 0.292 e. The Hall–Kier alpha value is -2.72. The second kappa shape index (κ2) is 6.81. The Morgan fingerprint density at radius 2 is 1.92 bits per heavy atom. The second-order valence-electron chi connectivity index (χ2n) is 5.56. The number of nitrogens with zero attached hydrogens (tertiary/aromatic N) is 2. The SMILES string of the molecule is C=Cn1c(-c2ccc(C)cc2C)csc1=NC(=O)c1ccccc1. The number of carbonyl (C=O) groups is 1. The maximum Gasteiger partial charge on any atom is 0.279 e. The molecule has 1 amide bonds. The van der Waals surface area contributed by atoms with Gasteiger partial charge in [-0.05, 0) is 31.5 Å². The van der Waals surface area contributed by atoms with Gasteiger partial charge in [-0.1, -0.05) is 48.5 Å². The number of hydrogen-bond donors (Lipinski definition) is 0. The monoisotopic (exact) mass is 334 g/mol. The molecule has 0 atom stereocenters. The van der Waals surface area contributed by atoms with Gasteiger partial charge in [-0.15, -0.1) is 11.3 Å². The lowest BCUT2D eigenvalue weighted by atomic mass is 10.0. The molecule has 2 aromatic carbocycles. The smallest absolute Gasteiger partial charge is 0.279 e. The van der Waals surface area contributed by atoms with E-state index in [2.05, 4.69) is 43.6 Å². The fraction of sp³-hybridized carbons (Fsp3) is 0.100. The van der Waals surface area contributed by atoms with Crippen molar-refractivity contribution in [3.8, 4) is 11.3 Å². The molecular formula is C20H18N2OS. The van der Waals surface area contributed by atoms with Gasteiger partial charge in [-0.3, -0.25) is 9.36 Å². The summed E-state index contributed by atoms with van der Waals surface area (Å²) in [6.45, 7) is 8.03. The quantitative estimate of drug-likeness (QED) is 0.685. The molecule has 1 heterocycles. The molecule has 120 valence electrons. The molecule has 0 unspecified atom stereocenters. The zero-order valence-electron chi connectivity index (χ0n) is 13.7. The third kappa shape index (κ3) is 3.14. The summed E-state index contributed by atoms with van der Waals surface area (Å²) >= 11 is 1.44. The van der Waals surface area contributed by atoms with Gasteiger partial charge in [-0.2, -0.15) is 4.99 Å². The van der Waals surface area contributed by atoms with E-state index in [9.17, 15) is 4.79 Å². The number of aromatic nitrogens is 1. The van der Waals surface area contributed by atoms with Crippen molar-refractivity contribution < 1.29 is 4.79 Å². The highest BCUT2D eigenvalue weighted by Gasteiger charge is 2.10. The minimum atomic E-state index is -0.250. The first-order chi connectivity index (χ1) is 11.6. The van der Waals surface area contributed by atoms with E-state index in [1.165, 1.54) is 22.5 Å². The number of rotatable bonds is 3. The Bertz CT molecular complexity index is 965. The van der Waals surface area contributed by atoms with E-state index in [4.69, 9.17) is 0 Å². The molecule has 0 aliphatic rings. The maximum absolute atomic E-state index is 12.3. The average Bonchev–Trinajstić information content (AvgIpc) is 2.98. The van der Waals surface area contributed by atoms with Crippen LogP contribution in [-0.4, -0.2) is 10.5 Å². The van der Waals surface area contributed by atoms with Crippen molar-refractivity contribution in [1.82, 2.24) is 4.57 Å². The number of aryl methyl sites for hydroxylation is 2. The number of carbonyl (C=O) groups excluding carboxylic acids is 1. The molecule has 1 aromatic heterocycles. The van der Waals surface area contributed by atoms with Gasteiger partial charge in [0.1, 0.15) is 0 Å². The molecule has 3 nitrogen and oxygen atoms in total. The lowest BCUT2D eigenvalue weighted by Gasteiger charge is -2.08. The minimum absolute atomic E-state index is 0.250. The van der Waals surface area contributed by atoms with Crippen molar-refractivity contribution in [2.24, 2.45) is 4.99 Å². The van der Waals surface area contributed by atoms with Crippen LogP contribution < -0.4 is 4.80 Å². The van der Waals surface area contributed by atoms with Gasteiger partial charge in [0.2, 0.25) is 0 Å². The second-order valence-corrected chi connectivity index (χ2v) is 6.39. The molecule has 0 aliphatic heterocycles. The third-order valence-electron chi connectivity index (χ3n) is 3.80. The van der Waals surface area contributed by atoms with Crippen LogP contribution in [-0.2, 0) is 0 Å². The fourth-order valence-electron chi connectivity index (χ4n) is 2.61. The molecule has 0 spiro atoms. The zero-order valence-corrected chi connectivity index (χ0v) is 14.5.